The van der Waals surface area contributed by atoms with Gasteiger partial charge in [-0.3, -0.25) is 9.13 Å². The molecule has 0 saturated heterocycles. The molecular formula is C48H50O8P2. The Labute approximate surface area is 341 Å². The number of rotatable bonds is 18. The van der Waals surface area contributed by atoms with Crippen molar-refractivity contribution < 1.29 is 37.9 Å². The first kappa shape index (κ1) is 41.7. The highest BCUT2D eigenvalue weighted by Gasteiger charge is 2.56. The minimum absolute atomic E-state index is 0.0464. The Morgan fingerprint density at radius 2 is 0.569 bits per heavy atom. The van der Waals surface area contributed by atoms with Crippen LogP contribution in [0.15, 0.2) is 182 Å². The first-order valence-electron chi connectivity index (χ1n) is 19.6. The van der Waals surface area contributed by atoms with Crippen molar-refractivity contribution in [3.63, 3.8) is 0 Å². The molecule has 0 aliphatic heterocycles. The number of hydrogen-bond donors (Lipinski definition) is 2. The van der Waals surface area contributed by atoms with Crippen LogP contribution >= 0.6 is 14.7 Å². The number of benzene rings is 6. The van der Waals surface area contributed by atoms with Gasteiger partial charge in [-0.15, -0.1) is 0 Å². The van der Waals surface area contributed by atoms with E-state index in [1.165, 1.54) is 0 Å². The highest BCUT2D eigenvalue weighted by Crippen LogP contribution is 2.60. The Morgan fingerprint density at radius 3 is 0.810 bits per heavy atom. The van der Waals surface area contributed by atoms with E-state index < -0.39 is 51.4 Å². The number of ether oxygens (including phenoxy) is 2. The Hall–Kier alpha value is -4.46. The van der Waals surface area contributed by atoms with Crippen molar-refractivity contribution in [3.8, 4) is 0 Å². The van der Waals surface area contributed by atoms with Gasteiger partial charge in [0, 0.05) is 0 Å². The maximum Gasteiger partial charge on any atom is 0.212 e. The van der Waals surface area contributed by atoms with E-state index in [0.29, 0.717) is 0 Å². The Kier molecular flexibility index (Phi) is 14.4. The van der Waals surface area contributed by atoms with Crippen LogP contribution in [0.3, 0.4) is 0 Å². The predicted molar refractivity (Wildman–Crippen MR) is 228 cm³/mol. The zero-order valence-electron chi connectivity index (χ0n) is 32.3. The van der Waals surface area contributed by atoms with Gasteiger partial charge in [-0.05, 0) is 33.4 Å². The highest BCUT2D eigenvalue weighted by atomic mass is 31.2. The molecule has 1 saturated carbocycles. The van der Waals surface area contributed by atoms with Crippen molar-refractivity contribution in [2.45, 2.75) is 74.5 Å². The molecule has 0 aromatic heterocycles. The van der Waals surface area contributed by atoms with Crippen molar-refractivity contribution in [3.05, 3.63) is 215 Å². The summed E-state index contributed by atoms with van der Waals surface area (Å²) >= 11 is 0. The van der Waals surface area contributed by atoms with Gasteiger partial charge in [0.2, 0.25) is 14.7 Å². The summed E-state index contributed by atoms with van der Waals surface area (Å²) < 4.78 is 58.2. The fourth-order valence-corrected chi connectivity index (χ4v) is 12.4. The fraction of sp³-hybridized carbons (Fsp3) is 0.250. The van der Waals surface area contributed by atoms with Gasteiger partial charge in [-0.1, -0.05) is 182 Å². The third-order valence-corrected chi connectivity index (χ3v) is 14.9. The van der Waals surface area contributed by atoms with E-state index in [9.17, 15) is 10.2 Å². The van der Waals surface area contributed by atoms with Crippen molar-refractivity contribution in [2.75, 3.05) is 0 Å². The summed E-state index contributed by atoms with van der Waals surface area (Å²) in [6.07, 6.45) is -7.99. The summed E-state index contributed by atoms with van der Waals surface area (Å²) in [4.78, 5) is 0. The summed E-state index contributed by atoms with van der Waals surface area (Å²) in [5, 5.41) is 24.1. The molecule has 6 aromatic rings. The molecule has 6 aromatic carbocycles. The second-order valence-electron chi connectivity index (χ2n) is 14.8. The molecule has 0 heterocycles. The topological polar surface area (TPSA) is 112 Å². The van der Waals surface area contributed by atoms with E-state index in [4.69, 9.17) is 18.5 Å². The largest absolute Gasteiger partial charge is 0.387 e. The molecule has 10 heteroatoms. The summed E-state index contributed by atoms with van der Waals surface area (Å²) in [7, 11) is -7.50. The van der Waals surface area contributed by atoms with Gasteiger partial charge in [0.05, 0.1) is 37.9 Å². The third kappa shape index (κ3) is 11.4. The van der Waals surface area contributed by atoms with E-state index in [1.54, 1.807) is 0 Å². The van der Waals surface area contributed by atoms with Crippen LogP contribution in [-0.2, 0) is 65.5 Å². The Bertz CT molecular complexity index is 1960. The lowest BCUT2D eigenvalue weighted by molar-refractivity contribution is -0.239. The minimum Gasteiger partial charge on any atom is -0.387 e. The zero-order chi connectivity index (χ0) is 40.2. The molecule has 7 rings (SSSR count). The molecule has 58 heavy (non-hydrogen) atoms. The SMILES string of the molecule is O=P(Cc1ccccc1)(Cc1ccccc1)O[C@@H]1[C@@H](OP(=O)(Cc2ccccc2)Cc2ccccc2)[C@H](OCc2ccccc2)[C@@H](O)[C@@H](O)[C@H]1OCc1ccccc1. The number of aliphatic hydroxyl groups is 2. The first-order valence-corrected chi connectivity index (χ1v) is 23.6. The molecule has 0 radical (unpaired) electrons. The Morgan fingerprint density at radius 1 is 0.345 bits per heavy atom. The molecule has 1 fully saturated rings. The molecule has 0 bridgehead atoms. The maximum absolute atomic E-state index is 15.6. The van der Waals surface area contributed by atoms with Gasteiger partial charge in [0.1, 0.15) is 36.6 Å². The van der Waals surface area contributed by atoms with Crippen LogP contribution < -0.4 is 0 Å². The molecule has 300 valence electrons. The average molecular weight is 817 g/mol. The van der Waals surface area contributed by atoms with Gasteiger partial charge in [-0.25, -0.2) is 0 Å². The van der Waals surface area contributed by atoms with Crippen molar-refractivity contribution in [2.24, 2.45) is 0 Å². The number of hydrogen-bond acceptors (Lipinski definition) is 8. The van der Waals surface area contributed by atoms with Crippen molar-refractivity contribution >= 4 is 14.7 Å². The molecule has 6 atom stereocenters. The molecule has 0 unspecified atom stereocenters. The normalized spacial score (nSPS) is 21.1. The van der Waals surface area contributed by atoms with E-state index in [1.807, 2.05) is 182 Å². The summed E-state index contributed by atoms with van der Waals surface area (Å²) in [6, 6.07) is 56.8. The lowest BCUT2D eigenvalue weighted by atomic mass is 9.84. The second-order valence-corrected chi connectivity index (χ2v) is 19.8. The van der Waals surface area contributed by atoms with Gasteiger partial charge in [0.15, 0.2) is 0 Å². The monoisotopic (exact) mass is 816 g/mol. The zero-order valence-corrected chi connectivity index (χ0v) is 34.1. The van der Waals surface area contributed by atoms with Crippen LogP contribution in [0.4, 0.5) is 0 Å². The van der Waals surface area contributed by atoms with E-state index in [0.717, 1.165) is 33.4 Å². The van der Waals surface area contributed by atoms with Crippen LogP contribution in [0.25, 0.3) is 0 Å². The van der Waals surface area contributed by atoms with Gasteiger partial charge in [0.25, 0.3) is 0 Å². The predicted octanol–water partition coefficient (Wildman–Crippen LogP) is 10.0. The van der Waals surface area contributed by atoms with Crippen molar-refractivity contribution in [1.82, 2.24) is 0 Å². The fourth-order valence-electron chi connectivity index (χ4n) is 7.46. The summed E-state index contributed by atoms with van der Waals surface area (Å²) in [5.74, 6) is 0. The minimum atomic E-state index is -3.75. The second kappa shape index (κ2) is 20.0. The van der Waals surface area contributed by atoms with E-state index >= 15 is 9.13 Å². The smallest absolute Gasteiger partial charge is 0.212 e. The van der Waals surface area contributed by atoms with E-state index in [-0.39, 0.29) is 37.9 Å². The van der Waals surface area contributed by atoms with Crippen LogP contribution in [-0.4, -0.2) is 46.8 Å². The molecule has 2 N–H and O–H groups in total. The molecule has 1 aliphatic rings. The number of aliphatic hydroxyl groups excluding tert-OH is 2. The van der Waals surface area contributed by atoms with Crippen LogP contribution in [0.5, 0.6) is 0 Å². The van der Waals surface area contributed by atoms with Gasteiger partial charge >= 0.3 is 0 Å². The lowest BCUT2D eigenvalue weighted by Crippen LogP contribution is -2.66. The molecule has 0 amide bonds. The molecule has 8 nitrogen and oxygen atoms in total. The average Bonchev–Trinajstić information content (AvgIpc) is 3.24. The highest BCUT2D eigenvalue weighted by molar-refractivity contribution is 7.57. The van der Waals surface area contributed by atoms with E-state index in [2.05, 4.69) is 0 Å². The van der Waals surface area contributed by atoms with Crippen LogP contribution in [0.2, 0.25) is 0 Å². The maximum atomic E-state index is 15.6. The molecule has 1 aliphatic carbocycles. The lowest BCUT2D eigenvalue weighted by Gasteiger charge is -2.48. The van der Waals surface area contributed by atoms with Gasteiger partial charge < -0.3 is 28.7 Å². The Balaban J connectivity index is 1.34. The standard InChI is InChI=1S/C48H50O8P2/c49-43-44(50)46(54-32-38-21-9-2-10-22-38)48(56-58(52,35-41-27-15-5-16-28-41)36-42-29-17-6-18-30-42)47(45(43)53-31-37-19-7-1-8-20-37)55-57(51,33-39-23-11-3-12-24-39)34-40-25-13-4-14-26-40/h1-30,43-50H,31-36H2/t43-,44+,45-,46-,47+,48+/m1/s1. The van der Waals surface area contributed by atoms with Crippen LogP contribution in [0, 0.1) is 0 Å². The summed E-state index contributed by atoms with van der Waals surface area (Å²) in [5.41, 5.74) is 4.83. The van der Waals surface area contributed by atoms with Crippen LogP contribution in [0.1, 0.15) is 33.4 Å². The third-order valence-electron chi connectivity index (χ3n) is 10.3. The quantitative estimate of drug-likeness (QED) is 0.0826. The summed E-state index contributed by atoms with van der Waals surface area (Å²) in [6.45, 7) is 0.0928. The van der Waals surface area contributed by atoms with Crippen molar-refractivity contribution in [1.29, 1.82) is 0 Å². The van der Waals surface area contributed by atoms with Gasteiger partial charge in [-0.2, -0.15) is 0 Å². The molecular weight excluding hydrogens is 766 g/mol. The molecule has 0 spiro atoms. The first-order chi connectivity index (χ1) is 28.3.